The minimum absolute atomic E-state index is 1.20. The second-order valence-corrected chi connectivity index (χ2v) is 9.70. The van der Waals surface area contributed by atoms with E-state index in [1.807, 2.05) is 0 Å². The lowest BCUT2D eigenvalue weighted by molar-refractivity contribution is 1.13. The van der Waals surface area contributed by atoms with Crippen molar-refractivity contribution in [2.75, 3.05) is 38.0 Å². The van der Waals surface area contributed by atoms with Crippen LogP contribution in [0.4, 0.5) is 11.4 Å². The third kappa shape index (κ3) is 5.34. The first kappa shape index (κ1) is 23.4. The fourth-order valence-electron chi connectivity index (χ4n) is 4.39. The number of benzene rings is 5. The molecule has 0 amide bonds. The third-order valence-corrected chi connectivity index (χ3v) is 6.60. The Bertz CT molecular complexity index is 1430. The lowest BCUT2D eigenvalue weighted by atomic mass is 9.99. The lowest BCUT2D eigenvalue weighted by Gasteiger charge is -2.11. The van der Waals surface area contributed by atoms with Gasteiger partial charge in [0.1, 0.15) is 0 Å². The van der Waals surface area contributed by atoms with Crippen molar-refractivity contribution in [2.45, 2.75) is 0 Å². The Kier molecular flexibility index (Phi) is 6.60. The molecule has 0 aliphatic carbocycles. The van der Waals surface area contributed by atoms with E-state index >= 15 is 0 Å². The quantitative estimate of drug-likeness (QED) is 0.182. The minimum atomic E-state index is 1.20. The van der Waals surface area contributed by atoms with E-state index in [0.717, 1.165) is 0 Å². The van der Waals surface area contributed by atoms with Crippen LogP contribution < -0.4 is 9.80 Å². The monoisotopic (exact) mass is 468 g/mol. The van der Waals surface area contributed by atoms with Crippen molar-refractivity contribution in [2.24, 2.45) is 0 Å². The Labute approximate surface area is 214 Å². The van der Waals surface area contributed by atoms with Gasteiger partial charge in [-0.15, -0.1) is 0 Å². The average molecular weight is 469 g/mol. The van der Waals surface area contributed by atoms with E-state index in [1.165, 1.54) is 55.2 Å². The van der Waals surface area contributed by atoms with Crippen LogP contribution in [0.15, 0.2) is 97.1 Å². The second-order valence-electron chi connectivity index (χ2n) is 9.70. The van der Waals surface area contributed by atoms with Crippen molar-refractivity contribution in [1.82, 2.24) is 0 Å². The summed E-state index contributed by atoms with van der Waals surface area (Å²) in [7, 11) is 8.25. The molecule has 5 aromatic rings. The van der Waals surface area contributed by atoms with E-state index < -0.39 is 0 Å². The van der Waals surface area contributed by atoms with Crippen molar-refractivity contribution in [3.63, 3.8) is 0 Å². The third-order valence-electron chi connectivity index (χ3n) is 6.60. The molecule has 0 heterocycles. The smallest absolute Gasteiger partial charge is 0.0361 e. The maximum atomic E-state index is 2.29. The maximum absolute atomic E-state index is 2.29. The predicted octanol–water partition coefficient (Wildman–Crippen LogP) is 8.47. The van der Waals surface area contributed by atoms with Gasteiger partial charge >= 0.3 is 0 Å². The number of hydrogen-bond acceptors (Lipinski definition) is 2. The van der Waals surface area contributed by atoms with Crippen LogP contribution in [0.5, 0.6) is 0 Å². The highest BCUT2D eigenvalue weighted by atomic mass is 15.1. The summed E-state index contributed by atoms with van der Waals surface area (Å²) < 4.78 is 0. The van der Waals surface area contributed by atoms with Gasteiger partial charge in [-0.3, -0.25) is 0 Å². The van der Waals surface area contributed by atoms with Gasteiger partial charge < -0.3 is 9.80 Å². The van der Waals surface area contributed by atoms with Gasteiger partial charge in [-0.2, -0.15) is 0 Å². The number of hydrogen-bond donors (Lipinski definition) is 0. The molecule has 0 aliphatic rings. The van der Waals surface area contributed by atoms with Crippen molar-refractivity contribution in [3.8, 4) is 0 Å². The highest BCUT2D eigenvalue weighted by Crippen LogP contribution is 2.26. The second kappa shape index (κ2) is 10.1. The Morgan fingerprint density at radius 1 is 0.361 bits per heavy atom. The van der Waals surface area contributed by atoms with Gasteiger partial charge in [0.05, 0.1) is 0 Å². The topological polar surface area (TPSA) is 6.48 Å². The Hall–Kier alpha value is -4.30. The van der Waals surface area contributed by atoms with Crippen LogP contribution in [0.25, 0.3) is 45.8 Å². The number of nitrogens with zero attached hydrogens (tertiary/aromatic N) is 2. The van der Waals surface area contributed by atoms with Crippen LogP contribution in [0.3, 0.4) is 0 Å². The van der Waals surface area contributed by atoms with Gasteiger partial charge in [-0.25, -0.2) is 0 Å². The predicted molar refractivity (Wildman–Crippen MR) is 161 cm³/mol. The van der Waals surface area contributed by atoms with Crippen molar-refractivity contribution in [3.05, 3.63) is 119 Å². The van der Waals surface area contributed by atoms with E-state index in [4.69, 9.17) is 0 Å². The van der Waals surface area contributed by atoms with Crippen molar-refractivity contribution in [1.29, 1.82) is 0 Å². The molecule has 0 atom stereocenters. The maximum Gasteiger partial charge on any atom is 0.0361 e. The Balaban J connectivity index is 1.36. The highest BCUT2D eigenvalue weighted by Gasteiger charge is 2.01. The molecule has 2 heteroatoms. The first-order chi connectivity index (χ1) is 17.4. The molecule has 178 valence electrons. The lowest BCUT2D eigenvalue weighted by Crippen LogP contribution is -2.07. The molecule has 36 heavy (non-hydrogen) atoms. The van der Waals surface area contributed by atoms with E-state index in [2.05, 4.69) is 159 Å². The molecule has 0 saturated heterocycles. The largest absolute Gasteiger partial charge is 0.378 e. The molecular weight excluding hydrogens is 436 g/mol. The van der Waals surface area contributed by atoms with Crippen LogP contribution in [-0.2, 0) is 0 Å². The van der Waals surface area contributed by atoms with Crippen LogP contribution in [0.2, 0.25) is 0 Å². The highest BCUT2D eigenvalue weighted by molar-refractivity contribution is 6.00. The molecule has 0 radical (unpaired) electrons. The summed E-state index contributed by atoms with van der Waals surface area (Å²) in [4.78, 5) is 4.23. The number of anilines is 2. The first-order valence-corrected chi connectivity index (χ1v) is 12.3. The summed E-state index contributed by atoms with van der Waals surface area (Å²) in [5, 5.41) is 5.04. The van der Waals surface area contributed by atoms with Gasteiger partial charge in [0.15, 0.2) is 0 Å². The van der Waals surface area contributed by atoms with Gasteiger partial charge in [0.2, 0.25) is 0 Å². The molecule has 0 unspecified atom stereocenters. The normalized spacial score (nSPS) is 11.7. The zero-order valence-corrected chi connectivity index (χ0v) is 21.4. The zero-order valence-electron chi connectivity index (χ0n) is 21.4. The fraction of sp³-hybridized carbons (Fsp3) is 0.118. The van der Waals surface area contributed by atoms with Crippen LogP contribution in [0, 0.1) is 0 Å². The van der Waals surface area contributed by atoms with Crippen LogP contribution in [0.1, 0.15) is 22.3 Å². The van der Waals surface area contributed by atoms with E-state index in [0.29, 0.717) is 0 Å². The minimum Gasteiger partial charge on any atom is -0.378 e. The van der Waals surface area contributed by atoms with Crippen molar-refractivity contribution < 1.29 is 0 Å². The van der Waals surface area contributed by atoms with Crippen LogP contribution >= 0.6 is 0 Å². The SMILES string of the molecule is CN(C)c1ccc(/C=C/c2ccc3cc4cc(/C=C/c5ccc(N(C)C)cc5)ccc4cc3c2)cc1. The molecule has 2 nitrogen and oxygen atoms in total. The molecule has 0 N–H and O–H groups in total. The zero-order chi connectivity index (χ0) is 25.1. The summed E-state index contributed by atoms with van der Waals surface area (Å²) in [5.41, 5.74) is 7.24. The van der Waals surface area contributed by atoms with Gasteiger partial charge in [0.25, 0.3) is 0 Å². The molecule has 0 fully saturated rings. The first-order valence-electron chi connectivity index (χ1n) is 12.3. The van der Waals surface area contributed by atoms with E-state index in [9.17, 15) is 0 Å². The van der Waals surface area contributed by atoms with Gasteiger partial charge in [0, 0.05) is 39.6 Å². The molecule has 0 aliphatic heterocycles. The molecule has 5 aromatic carbocycles. The summed E-state index contributed by atoms with van der Waals surface area (Å²) in [5.74, 6) is 0. The summed E-state index contributed by atoms with van der Waals surface area (Å²) in [6, 6.07) is 35.2. The molecule has 0 spiro atoms. The average Bonchev–Trinajstić information content (AvgIpc) is 2.89. The van der Waals surface area contributed by atoms with Gasteiger partial charge in [-0.05, 0) is 92.3 Å². The van der Waals surface area contributed by atoms with E-state index in [1.54, 1.807) is 0 Å². The Morgan fingerprint density at radius 2 is 0.694 bits per heavy atom. The molecular formula is C34H32N2. The Morgan fingerprint density at radius 3 is 1.06 bits per heavy atom. The molecule has 0 saturated carbocycles. The standard InChI is InChI=1S/C34H32N2/c1-35(2)33-17-11-25(12-18-33)5-7-27-9-15-29-24-32-22-28(10-16-30(32)23-31(29)21-27)8-6-26-13-19-34(20-14-26)36(3)4/h5-24H,1-4H3/b7-5+,8-6+. The molecule has 0 aromatic heterocycles. The summed E-state index contributed by atoms with van der Waals surface area (Å²) >= 11 is 0. The molecule has 5 rings (SSSR count). The fourth-order valence-corrected chi connectivity index (χ4v) is 4.39. The van der Waals surface area contributed by atoms with Crippen molar-refractivity contribution >= 4 is 57.2 Å². The van der Waals surface area contributed by atoms with Crippen LogP contribution in [-0.4, -0.2) is 28.2 Å². The molecule has 0 bridgehead atoms. The summed E-state index contributed by atoms with van der Waals surface area (Å²) in [6.45, 7) is 0. The number of fused-ring (bicyclic) bond motifs is 2. The van der Waals surface area contributed by atoms with E-state index in [-0.39, 0.29) is 0 Å². The van der Waals surface area contributed by atoms with Gasteiger partial charge in [-0.1, -0.05) is 72.8 Å². The number of rotatable bonds is 6. The summed E-state index contributed by atoms with van der Waals surface area (Å²) in [6.07, 6.45) is 8.73.